The number of rotatable bonds is 4. The fourth-order valence-electron chi connectivity index (χ4n) is 2.56. The van der Waals surface area contributed by atoms with Gasteiger partial charge in [0.2, 0.25) is 5.82 Å². The average molecular weight is 368 g/mol. The molecule has 0 atom stereocenters. The third-order valence-corrected chi connectivity index (χ3v) is 5.87. The minimum Gasteiger partial charge on any atom is -0.333 e. The highest BCUT2D eigenvalue weighted by atomic mass is 32.1. The molecule has 0 spiro atoms. The van der Waals surface area contributed by atoms with Crippen molar-refractivity contribution in [2.24, 2.45) is 0 Å². The Bertz CT molecular complexity index is 1010. The highest BCUT2D eigenvalue weighted by Gasteiger charge is 2.16. The molecule has 0 aliphatic heterocycles. The molecule has 7 heteroatoms. The SMILES string of the molecule is CCc1nc(-c2ccc(-c3noc(-c4sc(C)nc4C)n3)cc2)cs1. The van der Waals surface area contributed by atoms with E-state index in [1.54, 1.807) is 22.7 Å². The third-order valence-electron chi connectivity index (χ3n) is 3.82. The predicted molar refractivity (Wildman–Crippen MR) is 101 cm³/mol. The van der Waals surface area contributed by atoms with E-state index in [0.717, 1.165) is 43.8 Å². The number of hydrogen-bond donors (Lipinski definition) is 0. The van der Waals surface area contributed by atoms with Crippen molar-refractivity contribution < 1.29 is 4.52 Å². The average Bonchev–Trinajstić information content (AvgIpc) is 3.34. The normalized spacial score (nSPS) is 11.2. The van der Waals surface area contributed by atoms with Gasteiger partial charge in [-0.1, -0.05) is 36.3 Å². The number of aromatic nitrogens is 4. The second-order valence-corrected chi connectivity index (χ2v) is 7.77. The van der Waals surface area contributed by atoms with Crippen LogP contribution in [0, 0.1) is 13.8 Å². The Labute approximate surface area is 153 Å². The number of thiazole rings is 2. The van der Waals surface area contributed by atoms with Gasteiger partial charge in [-0.25, -0.2) is 9.97 Å². The minimum atomic E-state index is 0.522. The van der Waals surface area contributed by atoms with E-state index in [4.69, 9.17) is 4.52 Å². The molecule has 0 saturated carbocycles. The number of benzene rings is 1. The maximum atomic E-state index is 5.43. The Kier molecular flexibility index (Phi) is 4.19. The molecule has 4 rings (SSSR count). The van der Waals surface area contributed by atoms with Crippen molar-refractivity contribution in [2.75, 3.05) is 0 Å². The Balaban J connectivity index is 1.61. The van der Waals surface area contributed by atoms with Crippen LogP contribution in [0.4, 0.5) is 0 Å². The zero-order valence-electron chi connectivity index (χ0n) is 14.1. The van der Waals surface area contributed by atoms with E-state index in [1.165, 1.54) is 0 Å². The molecule has 0 saturated heterocycles. The first-order valence-electron chi connectivity index (χ1n) is 7.97. The molecule has 0 unspecified atom stereocenters. The molecule has 0 aliphatic rings. The summed E-state index contributed by atoms with van der Waals surface area (Å²) in [5, 5.41) is 8.35. The lowest BCUT2D eigenvalue weighted by Gasteiger charge is -1.98. The molecule has 3 aromatic heterocycles. The second-order valence-electron chi connectivity index (χ2n) is 5.63. The maximum Gasteiger partial charge on any atom is 0.270 e. The molecular formula is C18H16N4OS2. The first-order chi connectivity index (χ1) is 12.1. The molecule has 0 N–H and O–H groups in total. The van der Waals surface area contributed by atoms with E-state index in [1.807, 2.05) is 38.1 Å². The van der Waals surface area contributed by atoms with Gasteiger partial charge in [0.05, 0.1) is 21.4 Å². The van der Waals surface area contributed by atoms with Gasteiger partial charge in [-0.2, -0.15) is 4.98 Å². The van der Waals surface area contributed by atoms with Crippen molar-refractivity contribution in [3.8, 4) is 33.4 Å². The first kappa shape index (κ1) is 16.1. The standard InChI is InChI=1S/C18H16N4OS2/c1-4-15-20-14(9-24-15)12-5-7-13(8-6-12)17-21-18(23-22-17)16-10(2)19-11(3)25-16/h5-9H,4H2,1-3H3. The van der Waals surface area contributed by atoms with Crippen molar-refractivity contribution in [2.45, 2.75) is 27.2 Å². The van der Waals surface area contributed by atoms with Crippen LogP contribution in [0.2, 0.25) is 0 Å². The molecule has 0 fully saturated rings. The molecule has 126 valence electrons. The van der Waals surface area contributed by atoms with Crippen molar-refractivity contribution >= 4 is 22.7 Å². The molecule has 0 aliphatic carbocycles. The zero-order chi connectivity index (χ0) is 17.4. The first-order valence-corrected chi connectivity index (χ1v) is 9.67. The molecule has 5 nitrogen and oxygen atoms in total. The van der Waals surface area contributed by atoms with Crippen LogP contribution in [0.5, 0.6) is 0 Å². The molecular weight excluding hydrogens is 352 g/mol. The van der Waals surface area contributed by atoms with Crippen molar-refractivity contribution in [3.05, 3.63) is 45.4 Å². The molecule has 3 heterocycles. The number of aryl methyl sites for hydroxylation is 3. The smallest absolute Gasteiger partial charge is 0.270 e. The lowest BCUT2D eigenvalue weighted by Crippen LogP contribution is -1.84. The summed E-state index contributed by atoms with van der Waals surface area (Å²) >= 11 is 3.26. The van der Waals surface area contributed by atoms with Crippen molar-refractivity contribution in [1.29, 1.82) is 0 Å². The monoisotopic (exact) mass is 368 g/mol. The fraction of sp³-hybridized carbons (Fsp3) is 0.222. The summed E-state index contributed by atoms with van der Waals surface area (Å²) < 4.78 is 5.43. The quantitative estimate of drug-likeness (QED) is 0.497. The van der Waals surface area contributed by atoms with E-state index >= 15 is 0 Å². The summed E-state index contributed by atoms with van der Waals surface area (Å²) in [6.45, 7) is 6.04. The van der Waals surface area contributed by atoms with Crippen LogP contribution >= 0.6 is 22.7 Å². The van der Waals surface area contributed by atoms with E-state index < -0.39 is 0 Å². The van der Waals surface area contributed by atoms with E-state index in [-0.39, 0.29) is 0 Å². The van der Waals surface area contributed by atoms with Gasteiger partial charge in [0.25, 0.3) is 5.89 Å². The summed E-state index contributed by atoms with van der Waals surface area (Å²) in [6.07, 6.45) is 0.963. The molecule has 0 bridgehead atoms. The highest BCUT2D eigenvalue weighted by molar-refractivity contribution is 7.15. The second kappa shape index (κ2) is 6.50. The third kappa shape index (κ3) is 3.12. The highest BCUT2D eigenvalue weighted by Crippen LogP contribution is 2.30. The lowest BCUT2D eigenvalue weighted by atomic mass is 10.1. The van der Waals surface area contributed by atoms with E-state index in [2.05, 4.69) is 32.4 Å². The Morgan fingerprint density at radius 2 is 1.76 bits per heavy atom. The van der Waals surface area contributed by atoms with E-state index in [0.29, 0.717) is 11.7 Å². The van der Waals surface area contributed by atoms with Crippen LogP contribution in [0.25, 0.3) is 33.4 Å². The predicted octanol–water partition coefficient (Wildman–Crippen LogP) is 5.16. The zero-order valence-corrected chi connectivity index (χ0v) is 15.7. The van der Waals surface area contributed by atoms with Crippen molar-refractivity contribution in [1.82, 2.24) is 20.1 Å². The Morgan fingerprint density at radius 1 is 1.00 bits per heavy atom. The van der Waals surface area contributed by atoms with Crippen LogP contribution in [0.3, 0.4) is 0 Å². The number of nitrogens with zero attached hydrogens (tertiary/aromatic N) is 4. The van der Waals surface area contributed by atoms with Gasteiger partial charge in [0.15, 0.2) is 0 Å². The van der Waals surface area contributed by atoms with Crippen LogP contribution in [-0.2, 0) is 6.42 Å². The largest absolute Gasteiger partial charge is 0.333 e. The summed E-state index contributed by atoms with van der Waals surface area (Å²) in [4.78, 5) is 14.5. The summed E-state index contributed by atoms with van der Waals surface area (Å²) in [5.74, 6) is 1.11. The summed E-state index contributed by atoms with van der Waals surface area (Å²) in [6, 6.07) is 8.09. The van der Waals surface area contributed by atoms with E-state index in [9.17, 15) is 0 Å². The fourth-order valence-corrected chi connectivity index (χ4v) is 4.15. The molecule has 0 radical (unpaired) electrons. The van der Waals surface area contributed by atoms with Gasteiger partial charge in [-0.3, -0.25) is 0 Å². The molecule has 1 aromatic carbocycles. The van der Waals surface area contributed by atoms with Crippen LogP contribution in [-0.4, -0.2) is 20.1 Å². The molecule has 4 aromatic rings. The van der Waals surface area contributed by atoms with Gasteiger partial charge in [0.1, 0.15) is 4.88 Å². The van der Waals surface area contributed by atoms with Gasteiger partial charge < -0.3 is 4.52 Å². The summed E-state index contributed by atoms with van der Waals surface area (Å²) in [5.41, 5.74) is 3.95. The molecule has 0 amide bonds. The van der Waals surface area contributed by atoms with Crippen LogP contribution in [0.1, 0.15) is 22.6 Å². The van der Waals surface area contributed by atoms with Gasteiger partial charge in [-0.05, 0) is 20.3 Å². The van der Waals surface area contributed by atoms with Crippen LogP contribution in [0.15, 0.2) is 34.2 Å². The summed E-state index contributed by atoms with van der Waals surface area (Å²) in [7, 11) is 0. The van der Waals surface area contributed by atoms with Gasteiger partial charge in [-0.15, -0.1) is 22.7 Å². The Morgan fingerprint density at radius 3 is 2.40 bits per heavy atom. The van der Waals surface area contributed by atoms with Crippen molar-refractivity contribution in [3.63, 3.8) is 0 Å². The molecule has 25 heavy (non-hydrogen) atoms. The number of hydrogen-bond acceptors (Lipinski definition) is 7. The Hall–Kier alpha value is -2.38. The van der Waals surface area contributed by atoms with Gasteiger partial charge in [0, 0.05) is 16.5 Å². The lowest BCUT2D eigenvalue weighted by molar-refractivity contribution is 0.433. The minimum absolute atomic E-state index is 0.522. The van der Waals surface area contributed by atoms with Gasteiger partial charge >= 0.3 is 0 Å². The van der Waals surface area contributed by atoms with Crippen LogP contribution < -0.4 is 0 Å². The maximum absolute atomic E-state index is 5.43. The topological polar surface area (TPSA) is 64.7 Å².